The Bertz CT molecular complexity index is 1410. The third kappa shape index (κ3) is 9.23. The molecule has 0 aliphatic carbocycles. The summed E-state index contributed by atoms with van der Waals surface area (Å²) in [5.41, 5.74) is 2.04. The Morgan fingerprint density at radius 3 is 2.27 bits per heavy atom. The summed E-state index contributed by atoms with van der Waals surface area (Å²) < 4.78 is 27.3. The van der Waals surface area contributed by atoms with Crippen molar-refractivity contribution in [2.45, 2.75) is 38.8 Å². The highest BCUT2D eigenvalue weighted by Gasteiger charge is 2.30. The third-order valence-corrected chi connectivity index (χ3v) is 8.48. The monoisotopic (exact) mass is 667 g/mol. The van der Waals surface area contributed by atoms with E-state index in [-0.39, 0.29) is 48.5 Å². The number of amides is 2. The molecule has 40 heavy (non-hydrogen) atoms. The van der Waals surface area contributed by atoms with E-state index in [9.17, 15) is 18.0 Å². The topological polar surface area (TPSA) is 86.8 Å². The number of hydrogen-bond donors (Lipinski definition) is 1. The van der Waals surface area contributed by atoms with Crippen molar-refractivity contribution in [3.63, 3.8) is 0 Å². The van der Waals surface area contributed by atoms with Crippen molar-refractivity contribution in [1.82, 2.24) is 10.2 Å². The Morgan fingerprint density at radius 2 is 1.65 bits per heavy atom. The van der Waals surface area contributed by atoms with Gasteiger partial charge in [-0.15, -0.1) is 0 Å². The fraction of sp³-hybridized carbons (Fsp3) is 0.310. The molecule has 3 aromatic carbocycles. The van der Waals surface area contributed by atoms with Crippen molar-refractivity contribution >= 4 is 66.7 Å². The lowest BCUT2D eigenvalue weighted by Gasteiger charge is -2.32. The van der Waals surface area contributed by atoms with E-state index in [1.807, 2.05) is 61.5 Å². The van der Waals surface area contributed by atoms with E-state index in [0.29, 0.717) is 18.0 Å². The van der Waals surface area contributed by atoms with Crippen LogP contribution < -0.4 is 9.62 Å². The van der Waals surface area contributed by atoms with E-state index in [4.69, 9.17) is 23.2 Å². The second-order valence-electron chi connectivity index (χ2n) is 9.28. The van der Waals surface area contributed by atoms with Crippen LogP contribution in [0.3, 0.4) is 0 Å². The van der Waals surface area contributed by atoms with Gasteiger partial charge in [0.15, 0.2) is 0 Å². The van der Waals surface area contributed by atoms with E-state index >= 15 is 0 Å². The molecule has 0 fully saturated rings. The van der Waals surface area contributed by atoms with Gasteiger partial charge in [0.1, 0.15) is 6.04 Å². The van der Waals surface area contributed by atoms with Crippen LogP contribution in [0, 0.1) is 0 Å². The van der Waals surface area contributed by atoms with Crippen LogP contribution in [0.25, 0.3) is 0 Å². The Morgan fingerprint density at radius 1 is 0.975 bits per heavy atom. The maximum absolute atomic E-state index is 13.8. The predicted octanol–water partition coefficient (Wildman–Crippen LogP) is 6.08. The average molecular weight is 669 g/mol. The Labute approximate surface area is 254 Å². The summed E-state index contributed by atoms with van der Waals surface area (Å²) in [5, 5.41) is 3.44. The van der Waals surface area contributed by atoms with Crippen molar-refractivity contribution in [2.75, 3.05) is 23.7 Å². The smallest absolute Gasteiger partial charge is 0.243 e. The molecule has 0 aromatic heterocycles. The van der Waals surface area contributed by atoms with Crippen LogP contribution in [-0.4, -0.2) is 50.5 Å². The number of halogens is 3. The van der Waals surface area contributed by atoms with Gasteiger partial charge in [-0.3, -0.25) is 13.9 Å². The minimum absolute atomic E-state index is 0.0151. The first-order chi connectivity index (χ1) is 19.0. The summed E-state index contributed by atoms with van der Waals surface area (Å²) >= 11 is 15.8. The molecule has 0 saturated heterocycles. The first-order valence-corrected chi connectivity index (χ1v) is 16.2. The van der Waals surface area contributed by atoms with Crippen LogP contribution in [0.1, 0.15) is 30.9 Å². The molecule has 0 unspecified atom stereocenters. The highest BCUT2D eigenvalue weighted by atomic mass is 79.9. The molecular weight excluding hydrogens is 637 g/mol. The van der Waals surface area contributed by atoms with Crippen LogP contribution in [0.15, 0.2) is 77.3 Å². The first-order valence-electron chi connectivity index (χ1n) is 12.8. The van der Waals surface area contributed by atoms with Gasteiger partial charge in [0.2, 0.25) is 21.8 Å². The van der Waals surface area contributed by atoms with Crippen LogP contribution in [0.5, 0.6) is 0 Å². The lowest BCUT2D eigenvalue weighted by molar-refractivity contribution is -0.141. The summed E-state index contributed by atoms with van der Waals surface area (Å²) in [4.78, 5) is 28.6. The summed E-state index contributed by atoms with van der Waals surface area (Å²) in [6.07, 6.45) is 1.64. The van der Waals surface area contributed by atoms with Crippen LogP contribution >= 0.6 is 39.1 Å². The van der Waals surface area contributed by atoms with Crippen LogP contribution in [0.2, 0.25) is 10.0 Å². The Balaban J connectivity index is 1.87. The lowest BCUT2D eigenvalue weighted by Crippen LogP contribution is -2.50. The van der Waals surface area contributed by atoms with Crippen molar-refractivity contribution in [3.05, 3.63) is 98.4 Å². The van der Waals surface area contributed by atoms with E-state index in [1.54, 1.807) is 11.0 Å². The number of sulfonamides is 1. The van der Waals surface area contributed by atoms with Crippen molar-refractivity contribution in [2.24, 2.45) is 0 Å². The maximum Gasteiger partial charge on any atom is 0.243 e. The van der Waals surface area contributed by atoms with Gasteiger partial charge in [0.25, 0.3) is 0 Å². The predicted molar refractivity (Wildman–Crippen MR) is 165 cm³/mol. The standard InChI is InChI=1S/C29H32BrCl2N3O4S/c1-3-33-29(37)27(18-21-8-5-4-6-9-21)34(20-22-11-13-23(30)14-12-22)28(36)10-7-17-35(40(2,38)39)26-19-24(31)15-16-25(26)32/h4-6,8-9,11-16,19,27H,3,7,10,17-18,20H2,1-2H3,(H,33,37)/t27-/m1/s1. The largest absolute Gasteiger partial charge is 0.355 e. The minimum atomic E-state index is -3.71. The van der Waals surface area contributed by atoms with Gasteiger partial charge >= 0.3 is 0 Å². The number of nitrogens with one attached hydrogen (secondary N) is 1. The zero-order valence-corrected chi connectivity index (χ0v) is 26.2. The Kier molecular flexibility index (Phi) is 11.9. The van der Waals surface area contributed by atoms with E-state index in [2.05, 4.69) is 21.2 Å². The highest BCUT2D eigenvalue weighted by molar-refractivity contribution is 9.10. The number of anilines is 1. The maximum atomic E-state index is 13.8. The molecule has 3 rings (SSSR count). The zero-order chi connectivity index (χ0) is 29.3. The number of likely N-dealkylation sites (N-methyl/N-ethyl adjacent to an activating group) is 1. The summed E-state index contributed by atoms with van der Waals surface area (Å²) in [5.74, 6) is -0.513. The normalized spacial score (nSPS) is 12.0. The molecule has 1 N–H and O–H groups in total. The van der Waals surface area contributed by atoms with E-state index in [0.717, 1.165) is 26.2 Å². The molecule has 0 saturated carbocycles. The number of hydrogen-bond acceptors (Lipinski definition) is 4. The lowest BCUT2D eigenvalue weighted by atomic mass is 10.0. The molecule has 3 aromatic rings. The second-order valence-corrected chi connectivity index (χ2v) is 12.9. The zero-order valence-electron chi connectivity index (χ0n) is 22.3. The number of carbonyl (C=O) groups excluding carboxylic acids is 2. The molecular formula is C29H32BrCl2N3O4S. The van der Waals surface area contributed by atoms with Gasteiger partial charge in [-0.2, -0.15) is 0 Å². The first kappa shape index (κ1) is 31.9. The molecule has 214 valence electrons. The van der Waals surface area contributed by atoms with Crippen LogP contribution in [-0.2, 0) is 32.6 Å². The molecule has 0 radical (unpaired) electrons. The number of carbonyl (C=O) groups is 2. The van der Waals surface area contributed by atoms with Crippen molar-refractivity contribution in [3.8, 4) is 0 Å². The molecule has 7 nitrogen and oxygen atoms in total. The van der Waals surface area contributed by atoms with Crippen molar-refractivity contribution < 1.29 is 18.0 Å². The minimum Gasteiger partial charge on any atom is -0.355 e. The average Bonchev–Trinajstić information content (AvgIpc) is 2.91. The van der Waals surface area contributed by atoms with E-state index in [1.165, 1.54) is 12.1 Å². The summed E-state index contributed by atoms with van der Waals surface area (Å²) in [6.45, 7) is 2.49. The SMILES string of the molecule is CCNC(=O)[C@@H](Cc1ccccc1)N(Cc1ccc(Br)cc1)C(=O)CCCN(c1cc(Cl)ccc1Cl)S(C)(=O)=O. The van der Waals surface area contributed by atoms with Crippen molar-refractivity contribution in [1.29, 1.82) is 0 Å². The van der Waals surface area contributed by atoms with Gasteiger partial charge in [0.05, 0.1) is 17.0 Å². The highest BCUT2D eigenvalue weighted by Crippen LogP contribution is 2.31. The van der Waals surface area contributed by atoms with Gasteiger partial charge in [-0.25, -0.2) is 8.42 Å². The third-order valence-electron chi connectivity index (χ3n) is 6.22. The molecule has 2 amide bonds. The van der Waals surface area contributed by atoms with Gasteiger partial charge in [-0.05, 0) is 54.8 Å². The van der Waals surface area contributed by atoms with E-state index < -0.39 is 16.1 Å². The molecule has 0 heterocycles. The van der Waals surface area contributed by atoms with Gasteiger partial charge < -0.3 is 10.2 Å². The quantitative estimate of drug-likeness (QED) is 0.239. The number of rotatable bonds is 13. The number of nitrogens with zero attached hydrogens (tertiary/aromatic N) is 2. The second kappa shape index (κ2) is 14.9. The molecule has 0 spiro atoms. The number of benzene rings is 3. The molecule has 0 bridgehead atoms. The fourth-order valence-electron chi connectivity index (χ4n) is 4.29. The summed E-state index contributed by atoms with van der Waals surface area (Å²) in [6, 6.07) is 20.9. The Hall–Kier alpha value is -2.59. The van der Waals surface area contributed by atoms with Crippen LogP contribution in [0.4, 0.5) is 5.69 Å². The van der Waals surface area contributed by atoms with Gasteiger partial charge in [0, 0.05) is 42.0 Å². The fourth-order valence-corrected chi connectivity index (χ4v) is 5.96. The molecule has 0 aliphatic heterocycles. The molecule has 11 heteroatoms. The summed E-state index contributed by atoms with van der Waals surface area (Å²) in [7, 11) is -3.71. The molecule has 0 aliphatic rings. The molecule has 1 atom stereocenters. The van der Waals surface area contributed by atoms with Gasteiger partial charge in [-0.1, -0.05) is 81.6 Å².